The number of nitrogens with zero attached hydrogens (tertiary/aromatic N) is 1. The van der Waals surface area contributed by atoms with E-state index < -0.39 is 29.5 Å². The van der Waals surface area contributed by atoms with Gasteiger partial charge in [0, 0.05) is 11.1 Å². The predicted molar refractivity (Wildman–Crippen MR) is 95.7 cm³/mol. The first-order chi connectivity index (χ1) is 12.7. The van der Waals surface area contributed by atoms with Crippen LogP contribution >= 0.6 is 12.2 Å². The number of methoxy groups -OCH3 is 3. The maximum atomic E-state index is 13.4. The fraction of sp³-hybridized carbons (Fsp3) is 0.333. The lowest BCUT2D eigenvalue weighted by molar-refractivity contribution is -0.143. The molecule has 27 heavy (non-hydrogen) atoms. The second-order valence-corrected chi connectivity index (χ2v) is 5.88. The van der Waals surface area contributed by atoms with E-state index in [9.17, 15) is 18.0 Å². The van der Waals surface area contributed by atoms with E-state index in [1.807, 2.05) is 0 Å². The van der Waals surface area contributed by atoms with E-state index in [0.717, 1.165) is 13.2 Å². The van der Waals surface area contributed by atoms with Gasteiger partial charge in [-0.2, -0.15) is 13.2 Å². The topological polar surface area (TPSA) is 48.0 Å². The molecular formula is C18H16F3NO4S. The Labute approximate surface area is 159 Å². The standard InChI is InChI=1S/C18H16F3NO4S/c1-5-10-6-13(17(23)26-4)22(9-10)16(27)11-7-12(18(19,20)21)15(25-3)14(8-11)24-2/h1,6-8,13H,9H2,2-4H3/t13-/m1/s1. The second kappa shape index (κ2) is 7.88. The molecule has 0 N–H and O–H groups in total. The first kappa shape index (κ1) is 20.6. The average Bonchev–Trinajstić information content (AvgIpc) is 3.09. The molecule has 0 aromatic heterocycles. The summed E-state index contributed by atoms with van der Waals surface area (Å²) in [6.45, 7) is 0.102. The zero-order chi connectivity index (χ0) is 20.4. The molecule has 2 rings (SSSR count). The Bertz CT molecular complexity index is 842. The summed E-state index contributed by atoms with van der Waals surface area (Å²) in [5.41, 5.74) is -0.527. The van der Waals surface area contributed by atoms with E-state index in [4.69, 9.17) is 32.9 Å². The summed E-state index contributed by atoms with van der Waals surface area (Å²) in [6.07, 6.45) is 2.17. The van der Waals surface area contributed by atoms with Crippen molar-refractivity contribution in [2.45, 2.75) is 12.2 Å². The number of alkyl halides is 3. The first-order valence-corrected chi connectivity index (χ1v) is 7.98. The van der Waals surface area contributed by atoms with Crippen molar-refractivity contribution >= 4 is 23.2 Å². The normalized spacial score (nSPS) is 16.4. The number of esters is 1. The number of carbonyl (C=O) groups excluding carboxylic acids is 1. The van der Waals surface area contributed by atoms with Crippen LogP contribution in [0.4, 0.5) is 13.2 Å². The van der Waals surface area contributed by atoms with Crippen molar-refractivity contribution < 1.29 is 32.2 Å². The zero-order valence-corrected chi connectivity index (χ0v) is 15.5. The van der Waals surface area contributed by atoms with Crippen LogP contribution in [0.15, 0.2) is 23.8 Å². The van der Waals surface area contributed by atoms with Crippen molar-refractivity contribution in [3.63, 3.8) is 0 Å². The number of rotatable bonds is 4. The van der Waals surface area contributed by atoms with Gasteiger partial charge in [-0.15, -0.1) is 6.42 Å². The van der Waals surface area contributed by atoms with E-state index >= 15 is 0 Å². The van der Waals surface area contributed by atoms with Crippen LogP contribution in [0.2, 0.25) is 0 Å². The molecule has 1 aliphatic heterocycles. The summed E-state index contributed by atoms with van der Waals surface area (Å²) in [6, 6.07) is 1.25. The molecule has 0 radical (unpaired) electrons. The van der Waals surface area contributed by atoms with Crippen molar-refractivity contribution in [2.75, 3.05) is 27.9 Å². The Morgan fingerprint density at radius 1 is 1.30 bits per heavy atom. The minimum Gasteiger partial charge on any atom is -0.493 e. The smallest absolute Gasteiger partial charge is 0.420 e. The molecule has 1 aliphatic rings. The summed E-state index contributed by atoms with van der Waals surface area (Å²) in [5.74, 6) is 1.20. The third kappa shape index (κ3) is 4.01. The van der Waals surface area contributed by atoms with Gasteiger partial charge in [-0.1, -0.05) is 18.1 Å². The zero-order valence-electron chi connectivity index (χ0n) is 14.7. The Balaban J connectivity index is 2.53. The highest BCUT2D eigenvalue weighted by atomic mass is 32.1. The number of thiocarbonyl (C=S) groups is 1. The quantitative estimate of drug-likeness (QED) is 0.441. The maximum absolute atomic E-state index is 13.4. The molecular weight excluding hydrogens is 383 g/mol. The van der Waals surface area contributed by atoms with Gasteiger partial charge in [-0.3, -0.25) is 0 Å². The van der Waals surface area contributed by atoms with Crippen LogP contribution in [0.25, 0.3) is 0 Å². The van der Waals surface area contributed by atoms with Crippen LogP contribution < -0.4 is 9.47 Å². The minimum absolute atomic E-state index is 0.00152. The number of hydrogen-bond acceptors (Lipinski definition) is 5. The largest absolute Gasteiger partial charge is 0.493 e. The fourth-order valence-electron chi connectivity index (χ4n) is 2.69. The van der Waals surface area contributed by atoms with Gasteiger partial charge in [0.25, 0.3) is 0 Å². The summed E-state index contributed by atoms with van der Waals surface area (Å²) in [4.78, 5) is 13.4. The fourth-order valence-corrected chi connectivity index (χ4v) is 2.98. The lowest BCUT2D eigenvalue weighted by Crippen LogP contribution is -2.41. The minimum atomic E-state index is -4.70. The Morgan fingerprint density at radius 2 is 1.96 bits per heavy atom. The molecule has 5 nitrogen and oxygen atoms in total. The van der Waals surface area contributed by atoms with Crippen molar-refractivity contribution in [1.29, 1.82) is 0 Å². The van der Waals surface area contributed by atoms with E-state index in [1.54, 1.807) is 0 Å². The number of terminal acetylenes is 1. The highest BCUT2D eigenvalue weighted by molar-refractivity contribution is 7.80. The van der Waals surface area contributed by atoms with Gasteiger partial charge in [-0.25, -0.2) is 4.79 Å². The van der Waals surface area contributed by atoms with E-state index in [2.05, 4.69) is 5.92 Å². The van der Waals surface area contributed by atoms with Gasteiger partial charge in [0.2, 0.25) is 0 Å². The molecule has 1 heterocycles. The maximum Gasteiger partial charge on any atom is 0.420 e. The molecule has 0 saturated heterocycles. The van der Waals surface area contributed by atoms with Crippen LogP contribution in [-0.2, 0) is 15.7 Å². The van der Waals surface area contributed by atoms with Crippen LogP contribution in [0.3, 0.4) is 0 Å². The van der Waals surface area contributed by atoms with Gasteiger partial charge in [0.05, 0.1) is 27.9 Å². The van der Waals surface area contributed by atoms with Crippen molar-refractivity contribution in [1.82, 2.24) is 4.90 Å². The second-order valence-electron chi connectivity index (χ2n) is 5.49. The van der Waals surface area contributed by atoms with Crippen molar-refractivity contribution in [3.8, 4) is 23.8 Å². The van der Waals surface area contributed by atoms with Crippen LogP contribution in [0, 0.1) is 12.3 Å². The lowest BCUT2D eigenvalue weighted by atomic mass is 10.1. The number of ether oxygens (including phenoxy) is 3. The van der Waals surface area contributed by atoms with E-state index in [0.29, 0.717) is 5.57 Å². The molecule has 0 spiro atoms. The van der Waals surface area contributed by atoms with Crippen molar-refractivity contribution in [3.05, 3.63) is 34.9 Å². The van der Waals surface area contributed by atoms with Crippen molar-refractivity contribution in [2.24, 2.45) is 0 Å². The highest BCUT2D eigenvalue weighted by Crippen LogP contribution is 2.43. The van der Waals surface area contributed by atoms with Crippen LogP contribution in [0.1, 0.15) is 11.1 Å². The van der Waals surface area contributed by atoms with E-state index in [1.165, 1.54) is 31.3 Å². The summed E-state index contributed by atoms with van der Waals surface area (Å²) in [7, 11) is 3.53. The molecule has 0 bridgehead atoms. The molecule has 0 unspecified atom stereocenters. The van der Waals surface area contributed by atoms with Gasteiger partial charge >= 0.3 is 12.1 Å². The van der Waals surface area contributed by atoms with Gasteiger partial charge in [-0.05, 0) is 18.2 Å². The molecule has 144 valence electrons. The molecule has 1 aromatic carbocycles. The molecule has 1 aromatic rings. The number of hydrogen-bond donors (Lipinski definition) is 0. The number of benzene rings is 1. The Hall–Kier alpha value is -2.73. The molecule has 0 aliphatic carbocycles. The number of carbonyl (C=O) groups is 1. The Morgan fingerprint density at radius 3 is 2.44 bits per heavy atom. The monoisotopic (exact) mass is 399 g/mol. The number of halogens is 3. The molecule has 0 saturated carbocycles. The van der Waals surface area contributed by atoms with Gasteiger partial charge in [0.1, 0.15) is 16.6 Å². The SMILES string of the molecule is C#CC1=C[C@H](C(=O)OC)N(C(=S)c2cc(OC)c(OC)c(C(F)(F)F)c2)C1. The van der Waals surface area contributed by atoms with Gasteiger partial charge < -0.3 is 19.1 Å². The van der Waals surface area contributed by atoms with Gasteiger partial charge in [0.15, 0.2) is 11.5 Å². The third-order valence-corrected chi connectivity index (χ3v) is 4.43. The molecule has 0 amide bonds. The Kier molecular flexibility index (Phi) is 6.01. The molecule has 9 heteroatoms. The highest BCUT2D eigenvalue weighted by Gasteiger charge is 2.38. The summed E-state index contributed by atoms with van der Waals surface area (Å²) >= 11 is 5.35. The lowest BCUT2D eigenvalue weighted by Gasteiger charge is -2.26. The van der Waals surface area contributed by atoms with Crippen LogP contribution in [-0.4, -0.2) is 49.8 Å². The predicted octanol–water partition coefficient (Wildman–Crippen LogP) is 2.81. The van der Waals surface area contributed by atoms with Crippen LogP contribution in [0.5, 0.6) is 11.5 Å². The average molecular weight is 399 g/mol. The van der Waals surface area contributed by atoms with E-state index in [-0.39, 0.29) is 22.8 Å². The first-order valence-electron chi connectivity index (χ1n) is 7.57. The molecule has 0 fully saturated rings. The summed E-state index contributed by atoms with van der Waals surface area (Å²) < 4.78 is 54.9. The summed E-state index contributed by atoms with van der Waals surface area (Å²) in [5, 5.41) is 0. The third-order valence-electron chi connectivity index (χ3n) is 3.96. The molecule has 1 atom stereocenters.